The summed E-state index contributed by atoms with van der Waals surface area (Å²) >= 11 is 0. The first-order valence-electron chi connectivity index (χ1n) is 5.89. The van der Waals surface area contributed by atoms with E-state index in [2.05, 4.69) is 15.4 Å². The van der Waals surface area contributed by atoms with Crippen LogP contribution < -0.4 is 15.4 Å². The molecular formula is C12H19N3O3S. The van der Waals surface area contributed by atoms with Gasteiger partial charge >= 0.3 is 6.03 Å². The van der Waals surface area contributed by atoms with Crippen molar-refractivity contribution in [3.63, 3.8) is 0 Å². The van der Waals surface area contributed by atoms with Crippen LogP contribution >= 0.6 is 0 Å². The Morgan fingerprint density at radius 1 is 1.21 bits per heavy atom. The second-order valence-corrected chi connectivity index (χ2v) is 5.91. The van der Waals surface area contributed by atoms with Crippen molar-refractivity contribution in [2.75, 3.05) is 20.1 Å². The maximum atomic E-state index is 12.1. The number of benzene rings is 1. The molecule has 19 heavy (non-hydrogen) atoms. The van der Waals surface area contributed by atoms with Crippen molar-refractivity contribution in [2.24, 2.45) is 0 Å². The second kappa shape index (κ2) is 6.53. The Bertz CT molecular complexity index is 555. The molecule has 0 aromatic heterocycles. The quantitative estimate of drug-likeness (QED) is 0.689. The van der Waals surface area contributed by atoms with Crippen LogP contribution in [0, 0.1) is 13.8 Å². The fraction of sp³-hybridized carbons (Fsp3) is 0.417. The van der Waals surface area contributed by atoms with Crippen LogP contribution in [0.25, 0.3) is 0 Å². The maximum Gasteiger partial charge on any atom is 0.314 e. The van der Waals surface area contributed by atoms with Gasteiger partial charge in [0, 0.05) is 20.1 Å². The first-order chi connectivity index (χ1) is 8.86. The van der Waals surface area contributed by atoms with Crippen molar-refractivity contribution < 1.29 is 13.2 Å². The number of hydrogen-bond acceptors (Lipinski definition) is 3. The van der Waals surface area contributed by atoms with Crippen LogP contribution in [0.1, 0.15) is 11.1 Å². The van der Waals surface area contributed by atoms with Gasteiger partial charge in [0.05, 0.1) is 4.90 Å². The lowest BCUT2D eigenvalue weighted by Gasteiger charge is -2.10. The first kappa shape index (κ1) is 15.5. The zero-order chi connectivity index (χ0) is 14.5. The molecule has 0 bridgehead atoms. The Morgan fingerprint density at radius 2 is 1.89 bits per heavy atom. The summed E-state index contributed by atoms with van der Waals surface area (Å²) in [4.78, 5) is 11.2. The molecule has 1 aromatic carbocycles. The SMILES string of the molecule is CNC(=O)NCCNS(=O)(=O)c1cc(C)ccc1C. The van der Waals surface area contributed by atoms with E-state index in [9.17, 15) is 13.2 Å². The summed E-state index contributed by atoms with van der Waals surface area (Å²) in [5, 5.41) is 4.89. The normalized spacial score (nSPS) is 11.1. The van der Waals surface area contributed by atoms with Crippen LogP contribution in [-0.4, -0.2) is 34.6 Å². The molecule has 1 aromatic rings. The Morgan fingerprint density at radius 3 is 2.53 bits per heavy atom. The topological polar surface area (TPSA) is 87.3 Å². The maximum absolute atomic E-state index is 12.1. The number of rotatable bonds is 5. The largest absolute Gasteiger partial charge is 0.341 e. The predicted octanol–water partition coefficient (Wildman–Crippen LogP) is 0.511. The molecule has 0 aliphatic heterocycles. The van der Waals surface area contributed by atoms with Crippen LogP contribution in [-0.2, 0) is 10.0 Å². The molecular weight excluding hydrogens is 266 g/mol. The van der Waals surface area contributed by atoms with Gasteiger partial charge in [0.15, 0.2) is 0 Å². The Balaban J connectivity index is 2.66. The smallest absolute Gasteiger partial charge is 0.314 e. The average molecular weight is 285 g/mol. The average Bonchev–Trinajstić information content (AvgIpc) is 2.37. The highest BCUT2D eigenvalue weighted by Gasteiger charge is 2.16. The number of carbonyl (C=O) groups excluding carboxylic acids is 1. The number of amides is 2. The molecule has 0 heterocycles. The molecule has 7 heteroatoms. The summed E-state index contributed by atoms with van der Waals surface area (Å²) < 4.78 is 26.6. The number of nitrogens with one attached hydrogen (secondary N) is 3. The van der Waals surface area contributed by atoms with E-state index >= 15 is 0 Å². The molecule has 3 N–H and O–H groups in total. The lowest BCUT2D eigenvalue weighted by Crippen LogP contribution is -2.38. The highest BCUT2D eigenvalue weighted by Crippen LogP contribution is 2.16. The van der Waals surface area contributed by atoms with Crippen LogP contribution in [0.4, 0.5) is 4.79 Å². The lowest BCUT2D eigenvalue weighted by molar-refractivity contribution is 0.243. The number of sulfonamides is 1. The van der Waals surface area contributed by atoms with Crippen LogP contribution in [0.3, 0.4) is 0 Å². The molecule has 1 rings (SSSR count). The van der Waals surface area contributed by atoms with Gasteiger partial charge < -0.3 is 10.6 Å². The van der Waals surface area contributed by atoms with Gasteiger partial charge in [0.2, 0.25) is 10.0 Å². The van der Waals surface area contributed by atoms with Gasteiger partial charge in [0.25, 0.3) is 0 Å². The summed E-state index contributed by atoms with van der Waals surface area (Å²) in [6, 6.07) is 4.92. The fourth-order valence-electron chi connectivity index (χ4n) is 1.52. The van der Waals surface area contributed by atoms with Gasteiger partial charge in [-0.15, -0.1) is 0 Å². The zero-order valence-electron chi connectivity index (χ0n) is 11.3. The van der Waals surface area contributed by atoms with Gasteiger partial charge in [-0.05, 0) is 31.0 Å². The minimum absolute atomic E-state index is 0.142. The molecule has 0 saturated heterocycles. The third-order valence-electron chi connectivity index (χ3n) is 2.56. The van der Waals surface area contributed by atoms with E-state index in [-0.39, 0.29) is 24.0 Å². The van der Waals surface area contributed by atoms with Gasteiger partial charge in [-0.25, -0.2) is 17.9 Å². The van der Waals surface area contributed by atoms with E-state index < -0.39 is 10.0 Å². The fourth-order valence-corrected chi connectivity index (χ4v) is 2.88. The van der Waals surface area contributed by atoms with Gasteiger partial charge in [-0.3, -0.25) is 0 Å². The van der Waals surface area contributed by atoms with E-state index in [4.69, 9.17) is 0 Å². The minimum atomic E-state index is -3.54. The molecule has 0 radical (unpaired) electrons. The predicted molar refractivity (Wildman–Crippen MR) is 73.6 cm³/mol. The number of urea groups is 1. The summed E-state index contributed by atoms with van der Waals surface area (Å²) in [5.41, 5.74) is 1.58. The monoisotopic (exact) mass is 285 g/mol. The van der Waals surface area contributed by atoms with Crippen LogP contribution in [0.5, 0.6) is 0 Å². The van der Waals surface area contributed by atoms with E-state index in [1.165, 1.54) is 7.05 Å². The third-order valence-corrected chi connectivity index (χ3v) is 4.17. The Kier molecular flexibility index (Phi) is 5.31. The minimum Gasteiger partial charge on any atom is -0.341 e. The second-order valence-electron chi connectivity index (χ2n) is 4.17. The summed E-state index contributed by atoms with van der Waals surface area (Å²) in [7, 11) is -2.04. The molecule has 0 atom stereocenters. The van der Waals surface area contributed by atoms with E-state index in [0.717, 1.165) is 5.56 Å². The lowest BCUT2D eigenvalue weighted by atomic mass is 10.2. The molecule has 0 fully saturated rings. The molecule has 106 valence electrons. The number of carbonyl (C=O) groups is 1. The van der Waals surface area contributed by atoms with Crippen molar-refractivity contribution in [3.8, 4) is 0 Å². The molecule has 2 amide bonds. The Labute approximate surface area is 113 Å². The highest BCUT2D eigenvalue weighted by molar-refractivity contribution is 7.89. The highest BCUT2D eigenvalue weighted by atomic mass is 32.2. The van der Waals surface area contributed by atoms with E-state index in [1.54, 1.807) is 19.1 Å². The molecule has 0 aliphatic rings. The van der Waals surface area contributed by atoms with E-state index in [0.29, 0.717) is 5.56 Å². The molecule has 0 saturated carbocycles. The van der Waals surface area contributed by atoms with Crippen molar-refractivity contribution in [3.05, 3.63) is 29.3 Å². The van der Waals surface area contributed by atoms with Crippen molar-refractivity contribution in [1.29, 1.82) is 0 Å². The third kappa shape index (κ3) is 4.53. The van der Waals surface area contributed by atoms with Gasteiger partial charge in [-0.1, -0.05) is 12.1 Å². The van der Waals surface area contributed by atoms with Gasteiger partial charge in [0.1, 0.15) is 0 Å². The summed E-state index contributed by atoms with van der Waals surface area (Å²) in [6.07, 6.45) is 0. The van der Waals surface area contributed by atoms with Crippen molar-refractivity contribution in [2.45, 2.75) is 18.7 Å². The van der Waals surface area contributed by atoms with Crippen molar-refractivity contribution >= 4 is 16.1 Å². The number of hydrogen-bond donors (Lipinski definition) is 3. The molecule has 0 unspecified atom stereocenters. The summed E-state index contributed by atoms with van der Waals surface area (Å²) in [5.74, 6) is 0. The van der Waals surface area contributed by atoms with Crippen LogP contribution in [0.2, 0.25) is 0 Å². The van der Waals surface area contributed by atoms with Gasteiger partial charge in [-0.2, -0.15) is 0 Å². The van der Waals surface area contributed by atoms with E-state index in [1.807, 2.05) is 13.0 Å². The Hall–Kier alpha value is -1.60. The molecule has 0 spiro atoms. The standard InChI is InChI=1S/C12H19N3O3S/c1-9-4-5-10(2)11(8-9)19(17,18)15-7-6-14-12(16)13-3/h4-5,8,15H,6-7H2,1-3H3,(H2,13,14,16). The van der Waals surface area contributed by atoms with Crippen molar-refractivity contribution in [1.82, 2.24) is 15.4 Å². The first-order valence-corrected chi connectivity index (χ1v) is 7.37. The molecule has 6 nitrogen and oxygen atoms in total. The number of aryl methyl sites for hydroxylation is 2. The van der Waals surface area contributed by atoms with Crippen LogP contribution in [0.15, 0.2) is 23.1 Å². The zero-order valence-corrected chi connectivity index (χ0v) is 12.1. The molecule has 0 aliphatic carbocycles. The summed E-state index contributed by atoms with van der Waals surface area (Å²) in [6.45, 7) is 3.95.